The second kappa shape index (κ2) is 8.35. The molecule has 1 aromatic heterocycles. The van der Waals surface area contributed by atoms with Gasteiger partial charge in [0.1, 0.15) is 11.2 Å². The molecule has 1 saturated heterocycles. The number of benzene rings is 3. The number of furan rings is 1. The van der Waals surface area contributed by atoms with Crippen molar-refractivity contribution in [1.82, 2.24) is 4.31 Å². The quantitative estimate of drug-likeness (QED) is 0.416. The molecule has 2 heterocycles. The van der Waals surface area contributed by atoms with Crippen molar-refractivity contribution in [1.29, 1.82) is 0 Å². The van der Waals surface area contributed by atoms with Crippen molar-refractivity contribution in [2.45, 2.75) is 26.4 Å². The Bertz CT molecular complexity index is 1370. The Morgan fingerprint density at radius 1 is 0.938 bits per heavy atom. The van der Waals surface area contributed by atoms with Crippen LogP contribution in [0.25, 0.3) is 33.1 Å². The van der Waals surface area contributed by atoms with Crippen LogP contribution in [-0.4, -0.2) is 37.7 Å². The van der Waals surface area contributed by atoms with E-state index in [4.69, 9.17) is 9.15 Å². The summed E-state index contributed by atoms with van der Waals surface area (Å²) in [4.78, 5) is 0. The molecule has 1 aliphatic rings. The van der Waals surface area contributed by atoms with Gasteiger partial charge in [0, 0.05) is 22.9 Å². The van der Waals surface area contributed by atoms with Crippen molar-refractivity contribution in [3.05, 3.63) is 72.3 Å². The minimum atomic E-state index is -3.43. The van der Waals surface area contributed by atoms with Gasteiger partial charge < -0.3 is 9.15 Å². The van der Waals surface area contributed by atoms with E-state index in [1.807, 2.05) is 68.4 Å². The number of hydrogen-bond acceptors (Lipinski definition) is 4. The van der Waals surface area contributed by atoms with E-state index in [0.717, 1.165) is 38.6 Å². The first-order valence-electron chi connectivity index (χ1n) is 11.0. The van der Waals surface area contributed by atoms with Gasteiger partial charge in [0.2, 0.25) is 10.0 Å². The molecule has 32 heavy (non-hydrogen) atoms. The third-order valence-corrected chi connectivity index (χ3v) is 8.11. The number of fused-ring (bicyclic) bond motifs is 3. The molecule has 166 valence electrons. The van der Waals surface area contributed by atoms with Crippen LogP contribution < -0.4 is 0 Å². The second-order valence-electron chi connectivity index (χ2n) is 8.69. The Morgan fingerprint density at radius 2 is 1.66 bits per heavy atom. The lowest BCUT2D eigenvalue weighted by Crippen LogP contribution is -2.44. The zero-order chi connectivity index (χ0) is 22.3. The molecule has 0 amide bonds. The molecule has 0 bridgehead atoms. The van der Waals surface area contributed by atoms with E-state index in [0.29, 0.717) is 13.2 Å². The predicted octanol–water partition coefficient (Wildman–Crippen LogP) is 5.44. The van der Waals surface area contributed by atoms with Gasteiger partial charge in [-0.25, -0.2) is 8.42 Å². The van der Waals surface area contributed by atoms with E-state index in [2.05, 4.69) is 12.1 Å². The summed E-state index contributed by atoms with van der Waals surface area (Å²) in [7, 11) is -3.43. The Hall–Kier alpha value is -2.67. The Morgan fingerprint density at radius 3 is 2.50 bits per heavy atom. The van der Waals surface area contributed by atoms with Crippen LogP contribution in [0.1, 0.15) is 19.4 Å². The fourth-order valence-corrected chi connectivity index (χ4v) is 6.18. The third-order valence-electron chi connectivity index (χ3n) is 6.31. The second-order valence-corrected chi connectivity index (χ2v) is 10.7. The molecule has 3 aromatic carbocycles. The summed E-state index contributed by atoms with van der Waals surface area (Å²) in [6.45, 7) is 5.05. The van der Waals surface area contributed by atoms with Gasteiger partial charge >= 0.3 is 0 Å². The molecule has 0 aliphatic carbocycles. The molecule has 1 atom stereocenters. The van der Waals surface area contributed by atoms with E-state index in [-0.39, 0.29) is 24.3 Å². The van der Waals surface area contributed by atoms with Crippen LogP contribution in [0.15, 0.2) is 71.1 Å². The maximum absolute atomic E-state index is 13.1. The van der Waals surface area contributed by atoms with Crippen molar-refractivity contribution in [3.63, 3.8) is 0 Å². The van der Waals surface area contributed by atoms with Gasteiger partial charge in [-0.1, -0.05) is 74.5 Å². The maximum atomic E-state index is 13.1. The first kappa shape index (κ1) is 21.2. The summed E-state index contributed by atoms with van der Waals surface area (Å²) in [6.07, 6.45) is 0. The normalized spacial score (nSPS) is 19.5. The lowest BCUT2D eigenvalue weighted by Gasteiger charge is -2.31. The summed E-state index contributed by atoms with van der Waals surface area (Å²) < 4.78 is 39.8. The highest BCUT2D eigenvalue weighted by molar-refractivity contribution is 7.89. The van der Waals surface area contributed by atoms with Gasteiger partial charge in [0.05, 0.1) is 25.0 Å². The largest absolute Gasteiger partial charge is 0.455 e. The number of ether oxygens (including phenoxy) is 1. The van der Waals surface area contributed by atoms with Gasteiger partial charge in [-0.05, 0) is 23.1 Å². The van der Waals surface area contributed by atoms with Crippen molar-refractivity contribution in [2.75, 3.05) is 19.0 Å². The molecule has 0 spiro atoms. The Labute approximate surface area is 188 Å². The van der Waals surface area contributed by atoms with Crippen LogP contribution >= 0.6 is 0 Å². The smallest absolute Gasteiger partial charge is 0.217 e. The topological polar surface area (TPSA) is 59.8 Å². The monoisotopic (exact) mass is 449 g/mol. The molecular weight excluding hydrogens is 422 g/mol. The molecule has 0 radical (unpaired) electrons. The van der Waals surface area contributed by atoms with Gasteiger partial charge in [0.25, 0.3) is 0 Å². The average molecular weight is 450 g/mol. The predicted molar refractivity (Wildman–Crippen MR) is 128 cm³/mol. The van der Waals surface area contributed by atoms with Crippen LogP contribution in [0, 0.1) is 5.92 Å². The summed E-state index contributed by atoms with van der Waals surface area (Å²) in [5.41, 5.74) is 4.58. The summed E-state index contributed by atoms with van der Waals surface area (Å²) in [6, 6.07) is 22.0. The fraction of sp³-hybridized carbons (Fsp3) is 0.308. The lowest BCUT2D eigenvalue weighted by atomic mass is 9.97. The number of sulfonamides is 1. The minimum absolute atomic E-state index is 0.0115. The molecule has 6 heteroatoms. The van der Waals surface area contributed by atoms with Gasteiger partial charge in [0.15, 0.2) is 0 Å². The zero-order valence-corrected chi connectivity index (χ0v) is 19.1. The van der Waals surface area contributed by atoms with Gasteiger partial charge in [-0.3, -0.25) is 0 Å². The molecule has 0 N–H and O–H groups in total. The van der Waals surface area contributed by atoms with Crippen LogP contribution in [0.5, 0.6) is 0 Å². The standard InChI is InChI=1S/C26H27NO4S/c1-18(2)24-17-30-14-15-32(28,29)27(24)16-19-8-3-4-9-20(19)22-11-7-12-23-21-10-5-6-13-25(21)31-26(22)23/h3-13,18,24H,14-17H2,1-2H3/t24-/m1/s1. The van der Waals surface area contributed by atoms with Crippen LogP contribution in [-0.2, 0) is 21.3 Å². The first-order chi connectivity index (χ1) is 15.5. The zero-order valence-electron chi connectivity index (χ0n) is 18.3. The molecule has 4 aromatic rings. The van der Waals surface area contributed by atoms with Crippen LogP contribution in [0.2, 0.25) is 0 Å². The summed E-state index contributed by atoms with van der Waals surface area (Å²) in [5.74, 6) is 0.159. The summed E-state index contributed by atoms with van der Waals surface area (Å²) in [5, 5.41) is 2.14. The molecule has 5 nitrogen and oxygen atoms in total. The summed E-state index contributed by atoms with van der Waals surface area (Å²) >= 11 is 0. The number of hydrogen-bond donors (Lipinski definition) is 0. The number of rotatable bonds is 4. The highest BCUT2D eigenvalue weighted by Gasteiger charge is 2.35. The molecule has 0 unspecified atom stereocenters. The van der Waals surface area contributed by atoms with Gasteiger partial charge in [-0.2, -0.15) is 4.31 Å². The maximum Gasteiger partial charge on any atom is 0.217 e. The Balaban J connectivity index is 1.64. The molecule has 1 aliphatic heterocycles. The van der Waals surface area contributed by atoms with E-state index >= 15 is 0 Å². The SMILES string of the molecule is CC(C)[C@H]1COCCS(=O)(=O)N1Cc1ccccc1-c1cccc2c1oc1ccccc12. The highest BCUT2D eigenvalue weighted by Crippen LogP contribution is 2.37. The molecule has 1 fully saturated rings. The van der Waals surface area contributed by atoms with E-state index < -0.39 is 10.0 Å². The van der Waals surface area contributed by atoms with Crippen molar-refractivity contribution in [2.24, 2.45) is 5.92 Å². The van der Waals surface area contributed by atoms with E-state index in [9.17, 15) is 8.42 Å². The van der Waals surface area contributed by atoms with Crippen LogP contribution in [0.3, 0.4) is 0 Å². The molecule has 0 saturated carbocycles. The van der Waals surface area contributed by atoms with Crippen molar-refractivity contribution < 1.29 is 17.6 Å². The van der Waals surface area contributed by atoms with Crippen molar-refractivity contribution >= 4 is 32.0 Å². The average Bonchev–Trinajstić information content (AvgIpc) is 3.09. The van der Waals surface area contributed by atoms with Gasteiger partial charge in [-0.15, -0.1) is 0 Å². The van der Waals surface area contributed by atoms with Crippen molar-refractivity contribution in [3.8, 4) is 11.1 Å². The third kappa shape index (κ3) is 3.72. The first-order valence-corrected chi connectivity index (χ1v) is 12.6. The lowest BCUT2D eigenvalue weighted by molar-refractivity contribution is 0.0902. The fourth-order valence-electron chi connectivity index (χ4n) is 4.56. The molecular formula is C26H27NO4S. The Kier molecular flexibility index (Phi) is 5.53. The number of nitrogens with zero attached hydrogens (tertiary/aromatic N) is 1. The van der Waals surface area contributed by atoms with Crippen LogP contribution in [0.4, 0.5) is 0 Å². The van der Waals surface area contributed by atoms with E-state index in [1.165, 1.54) is 0 Å². The number of para-hydroxylation sites is 2. The highest BCUT2D eigenvalue weighted by atomic mass is 32.2. The molecule has 5 rings (SSSR count). The van der Waals surface area contributed by atoms with E-state index in [1.54, 1.807) is 4.31 Å². The minimum Gasteiger partial charge on any atom is -0.455 e.